The van der Waals surface area contributed by atoms with Crippen LogP contribution in [0.15, 0.2) is 24.5 Å². The third kappa shape index (κ3) is 6.11. The molecule has 3 amide bonds. The monoisotopic (exact) mass is 306 g/mol. The highest BCUT2D eigenvalue weighted by atomic mass is 16.2. The van der Waals surface area contributed by atoms with Gasteiger partial charge in [0.2, 0.25) is 5.91 Å². The zero-order valence-electron chi connectivity index (χ0n) is 14.0. The van der Waals surface area contributed by atoms with Crippen LogP contribution in [0.3, 0.4) is 0 Å². The first kappa shape index (κ1) is 17.9. The van der Waals surface area contributed by atoms with Crippen LogP contribution in [0.2, 0.25) is 0 Å². The fourth-order valence-electron chi connectivity index (χ4n) is 1.97. The molecule has 0 fully saturated rings. The molecule has 6 nitrogen and oxygen atoms in total. The molecule has 1 atom stereocenters. The van der Waals surface area contributed by atoms with Gasteiger partial charge in [-0.05, 0) is 52.3 Å². The van der Waals surface area contributed by atoms with Crippen molar-refractivity contribution < 1.29 is 9.59 Å². The summed E-state index contributed by atoms with van der Waals surface area (Å²) in [6.45, 7) is 9.98. The average molecular weight is 306 g/mol. The Morgan fingerprint density at radius 1 is 1.27 bits per heavy atom. The van der Waals surface area contributed by atoms with E-state index in [9.17, 15) is 9.59 Å². The summed E-state index contributed by atoms with van der Waals surface area (Å²) in [6, 6.07) is 3.31. The Labute approximate surface area is 132 Å². The van der Waals surface area contributed by atoms with Gasteiger partial charge < -0.3 is 15.5 Å². The van der Waals surface area contributed by atoms with Crippen molar-refractivity contribution in [1.82, 2.24) is 20.5 Å². The molecule has 1 aromatic rings. The van der Waals surface area contributed by atoms with Crippen molar-refractivity contribution >= 4 is 11.9 Å². The van der Waals surface area contributed by atoms with Crippen molar-refractivity contribution in [3.8, 4) is 0 Å². The van der Waals surface area contributed by atoms with Crippen LogP contribution in [0.5, 0.6) is 0 Å². The second-order valence-corrected chi connectivity index (χ2v) is 6.26. The highest BCUT2D eigenvalue weighted by molar-refractivity contribution is 5.84. The van der Waals surface area contributed by atoms with Gasteiger partial charge >= 0.3 is 6.03 Å². The lowest BCUT2D eigenvalue weighted by molar-refractivity contribution is -0.123. The fraction of sp³-hybridized carbons (Fsp3) is 0.562. The summed E-state index contributed by atoms with van der Waals surface area (Å²) in [5, 5.41) is 5.75. The first-order valence-corrected chi connectivity index (χ1v) is 7.49. The van der Waals surface area contributed by atoms with Crippen LogP contribution < -0.4 is 10.6 Å². The highest BCUT2D eigenvalue weighted by Crippen LogP contribution is 2.10. The van der Waals surface area contributed by atoms with Gasteiger partial charge in [0, 0.05) is 24.5 Å². The summed E-state index contributed by atoms with van der Waals surface area (Å²) < 4.78 is 0. The van der Waals surface area contributed by atoms with Crippen molar-refractivity contribution in [2.24, 2.45) is 0 Å². The minimum atomic E-state index is -0.308. The van der Waals surface area contributed by atoms with E-state index >= 15 is 0 Å². The van der Waals surface area contributed by atoms with Crippen LogP contribution in [0, 0.1) is 0 Å². The number of carbonyl (C=O) groups excluding carboxylic acids is 2. The van der Waals surface area contributed by atoms with Crippen LogP contribution in [0.25, 0.3) is 0 Å². The lowest BCUT2D eigenvalue weighted by atomic mass is 10.1. The Balaban J connectivity index is 2.59. The lowest BCUT2D eigenvalue weighted by Gasteiger charge is -2.26. The molecule has 122 valence electrons. The van der Waals surface area contributed by atoms with Gasteiger partial charge in [-0.1, -0.05) is 0 Å². The second kappa shape index (κ2) is 7.77. The number of amides is 3. The van der Waals surface area contributed by atoms with E-state index in [-0.39, 0.29) is 30.1 Å². The molecule has 1 rings (SSSR count). The van der Waals surface area contributed by atoms with E-state index in [0.717, 1.165) is 5.56 Å². The number of hydrogen-bond donors (Lipinski definition) is 2. The molecule has 0 saturated heterocycles. The summed E-state index contributed by atoms with van der Waals surface area (Å²) in [7, 11) is 0. The number of hydrogen-bond acceptors (Lipinski definition) is 3. The maximum Gasteiger partial charge on any atom is 0.318 e. The van der Waals surface area contributed by atoms with Crippen molar-refractivity contribution in [3.63, 3.8) is 0 Å². The zero-order chi connectivity index (χ0) is 16.8. The number of likely N-dealkylation sites (N-methyl/N-ethyl adjacent to an activating group) is 1. The Morgan fingerprint density at radius 3 is 2.36 bits per heavy atom. The van der Waals surface area contributed by atoms with Gasteiger partial charge in [-0.15, -0.1) is 0 Å². The topological polar surface area (TPSA) is 74.3 Å². The second-order valence-electron chi connectivity index (χ2n) is 6.26. The van der Waals surface area contributed by atoms with Crippen LogP contribution in [-0.2, 0) is 4.79 Å². The summed E-state index contributed by atoms with van der Waals surface area (Å²) in [4.78, 5) is 29.7. The largest absolute Gasteiger partial charge is 0.350 e. The van der Waals surface area contributed by atoms with E-state index in [1.165, 1.54) is 4.90 Å². The van der Waals surface area contributed by atoms with E-state index in [2.05, 4.69) is 15.6 Å². The Hall–Kier alpha value is -2.11. The quantitative estimate of drug-likeness (QED) is 0.874. The first-order valence-electron chi connectivity index (χ1n) is 7.49. The number of rotatable bonds is 5. The van der Waals surface area contributed by atoms with E-state index in [1.54, 1.807) is 12.4 Å². The molecule has 6 heteroatoms. The number of aromatic nitrogens is 1. The molecule has 1 aromatic heterocycles. The van der Waals surface area contributed by atoms with Crippen molar-refractivity contribution in [2.45, 2.75) is 46.2 Å². The number of carbonyl (C=O) groups is 2. The minimum absolute atomic E-state index is 0.0443. The van der Waals surface area contributed by atoms with Crippen molar-refractivity contribution in [2.75, 3.05) is 13.1 Å². The Morgan fingerprint density at radius 2 is 1.86 bits per heavy atom. The van der Waals surface area contributed by atoms with Crippen LogP contribution in [-0.4, -0.2) is 40.5 Å². The smallest absolute Gasteiger partial charge is 0.318 e. The molecule has 1 heterocycles. The van der Waals surface area contributed by atoms with E-state index in [0.29, 0.717) is 6.54 Å². The molecular weight excluding hydrogens is 280 g/mol. The highest BCUT2D eigenvalue weighted by Gasteiger charge is 2.20. The molecule has 22 heavy (non-hydrogen) atoms. The normalized spacial score (nSPS) is 12.4. The molecule has 0 radical (unpaired) electrons. The van der Waals surface area contributed by atoms with Crippen molar-refractivity contribution in [1.29, 1.82) is 0 Å². The SMILES string of the molecule is CCN(CC(=O)NC(C)(C)C)C(=O)N[C@H](C)c1ccncc1. The van der Waals surface area contributed by atoms with E-state index in [4.69, 9.17) is 0 Å². The zero-order valence-corrected chi connectivity index (χ0v) is 14.0. The molecule has 0 aromatic carbocycles. The van der Waals surface area contributed by atoms with Gasteiger partial charge in [0.25, 0.3) is 0 Å². The Bertz CT molecular complexity index is 497. The summed E-state index contributed by atoms with van der Waals surface area (Å²) in [5.74, 6) is -0.166. The standard InChI is InChI=1S/C16H26N4O2/c1-6-20(11-14(21)19-16(3,4)5)15(22)18-12(2)13-7-9-17-10-8-13/h7-10,12H,6,11H2,1-5H3,(H,18,22)(H,19,21)/t12-/m1/s1. The van der Waals surface area contributed by atoms with Gasteiger partial charge in [-0.3, -0.25) is 9.78 Å². The summed E-state index contributed by atoms with van der Waals surface area (Å²) in [5.41, 5.74) is 0.663. The van der Waals surface area contributed by atoms with Crippen molar-refractivity contribution in [3.05, 3.63) is 30.1 Å². The third-order valence-electron chi connectivity index (χ3n) is 3.06. The van der Waals surface area contributed by atoms with Crippen LogP contribution in [0.1, 0.15) is 46.2 Å². The summed E-state index contributed by atoms with van der Waals surface area (Å²) in [6.07, 6.45) is 3.37. The molecule has 0 saturated carbocycles. The average Bonchev–Trinajstić information content (AvgIpc) is 2.43. The van der Waals surface area contributed by atoms with E-state index in [1.807, 2.05) is 46.8 Å². The molecule has 0 aliphatic rings. The third-order valence-corrected chi connectivity index (χ3v) is 3.06. The molecular formula is C16H26N4O2. The molecule has 0 unspecified atom stereocenters. The van der Waals surface area contributed by atoms with Crippen LogP contribution >= 0.6 is 0 Å². The maximum absolute atomic E-state index is 12.3. The lowest BCUT2D eigenvalue weighted by Crippen LogP contribution is -2.49. The predicted molar refractivity (Wildman–Crippen MR) is 86.3 cm³/mol. The van der Waals surface area contributed by atoms with Gasteiger partial charge in [0.15, 0.2) is 0 Å². The summed E-state index contributed by atoms with van der Waals surface area (Å²) >= 11 is 0. The van der Waals surface area contributed by atoms with Crippen LogP contribution in [0.4, 0.5) is 4.79 Å². The number of pyridine rings is 1. The predicted octanol–water partition coefficient (Wildman–Crippen LogP) is 2.09. The molecule has 0 bridgehead atoms. The first-order chi connectivity index (χ1) is 10.2. The molecule has 0 aliphatic carbocycles. The molecule has 2 N–H and O–H groups in total. The molecule has 0 aliphatic heterocycles. The van der Waals surface area contributed by atoms with Gasteiger partial charge in [-0.2, -0.15) is 0 Å². The van der Waals surface area contributed by atoms with Gasteiger partial charge in [0.05, 0.1) is 6.04 Å². The van der Waals surface area contributed by atoms with E-state index < -0.39 is 0 Å². The number of nitrogens with zero attached hydrogens (tertiary/aromatic N) is 2. The minimum Gasteiger partial charge on any atom is -0.350 e. The molecule has 0 spiro atoms. The van der Waals surface area contributed by atoms with Gasteiger partial charge in [-0.25, -0.2) is 4.79 Å². The number of nitrogens with one attached hydrogen (secondary N) is 2. The fourth-order valence-corrected chi connectivity index (χ4v) is 1.97. The Kier molecular flexibility index (Phi) is 6.34. The van der Waals surface area contributed by atoms with Gasteiger partial charge in [0.1, 0.15) is 6.54 Å². The maximum atomic E-state index is 12.3. The number of urea groups is 1.